The van der Waals surface area contributed by atoms with Crippen molar-refractivity contribution in [3.05, 3.63) is 28.8 Å². The van der Waals surface area contributed by atoms with E-state index < -0.39 is 6.10 Å². The molecule has 0 fully saturated rings. The summed E-state index contributed by atoms with van der Waals surface area (Å²) in [6.07, 6.45) is 1.23. The van der Waals surface area contributed by atoms with Crippen molar-refractivity contribution >= 4 is 23.2 Å². The van der Waals surface area contributed by atoms with Crippen molar-refractivity contribution in [1.82, 2.24) is 5.32 Å². The fourth-order valence-corrected chi connectivity index (χ4v) is 2.28. The van der Waals surface area contributed by atoms with Crippen molar-refractivity contribution in [2.45, 2.75) is 32.8 Å². The van der Waals surface area contributed by atoms with E-state index in [0.717, 1.165) is 12.8 Å². The van der Waals surface area contributed by atoms with Crippen molar-refractivity contribution in [2.24, 2.45) is 5.92 Å². The lowest BCUT2D eigenvalue weighted by Gasteiger charge is -2.20. The third kappa shape index (κ3) is 4.40. The molecule has 4 N–H and O–H groups in total. The van der Waals surface area contributed by atoms with Crippen LogP contribution in [0.3, 0.4) is 0 Å². The minimum atomic E-state index is -0.536. The second-order valence-corrected chi connectivity index (χ2v) is 5.00. The molecule has 0 heterocycles. The molecule has 1 rings (SSSR count). The molecule has 0 bridgehead atoms. The van der Waals surface area contributed by atoms with Crippen molar-refractivity contribution in [2.75, 3.05) is 12.3 Å². The van der Waals surface area contributed by atoms with E-state index in [2.05, 4.69) is 5.32 Å². The van der Waals surface area contributed by atoms with Crippen LogP contribution < -0.4 is 11.1 Å². The Morgan fingerprint density at radius 3 is 2.58 bits per heavy atom. The van der Waals surface area contributed by atoms with Crippen LogP contribution in [0.4, 0.5) is 5.69 Å². The number of carbonyl (C=O) groups excluding carboxylic acids is 1. The number of anilines is 1. The average molecular weight is 285 g/mol. The summed E-state index contributed by atoms with van der Waals surface area (Å²) in [7, 11) is 0. The maximum absolute atomic E-state index is 11.9. The van der Waals surface area contributed by atoms with E-state index in [1.165, 1.54) is 6.07 Å². The van der Waals surface area contributed by atoms with Crippen molar-refractivity contribution < 1.29 is 9.90 Å². The first kappa shape index (κ1) is 15.8. The Balaban J connectivity index is 2.60. The standard InChI is InChI=1S/C14H21ClN2O2/c1-3-9(4-2)13(18)8-17-14(19)11-6-5-10(16)7-12(11)15/h5-7,9,13,18H,3-4,8,16H2,1-2H3,(H,17,19). The van der Waals surface area contributed by atoms with E-state index in [-0.39, 0.29) is 18.4 Å². The van der Waals surface area contributed by atoms with Gasteiger partial charge >= 0.3 is 0 Å². The minimum absolute atomic E-state index is 0.196. The summed E-state index contributed by atoms with van der Waals surface area (Å²) in [4.78, 5) is 11.9. The third-order valence-electron chi connectivity index (χ3n) is 3.30. The molecule has 5 heteroatoms. The number of amides is 1. The van der Waals surface area contributed by atoms with Gasteiger partial charge in [0.05, 0.1) is 16.7 Å². The molecule has 0 aliphatic carbocycles. The van der Waals surface area contributed by atoms with Crippen molar-refractivity contribution in [1.29, 1.82) is 0 Å². The summed E-state index contributed by atoms with van der Waals surface area (Å²) in [5.74, 6) is -0.0998. The molecule has 4 nitrogen and oxygen atoms in total. The molecular formula is C14H21ClN2O2. The normalized spacial score (nSPS) is 12.5. The van der Waals surface area contributed by atoms with E-state index in [9.17, 15) is 9.90 Å². The first-order valence-corrected chi connectivity index (χ1v) is 6.88. The number of nitrogens with one attached hydrogen (secondary N) is 1. The van der Waals surface area contributed by atoms with Gasteiger partial charge in [0.25, 0.3) is 5.91 Å². The molecule has 1 unspecified atom stereocenters. The number of nitrogen functional groups attached to an aromatic ring is 1. The third-order valence-corrected chi connectivity index (χ3v) is 3.62. The number of aliphatic hydroxyl groups is 1. The van der Waals surface area contributed by atoms with Gasteiger partial charge in [-0.2, -0.15) is 0 Å². The van der Waals surface area contributed by atoms with E-state index in [1.807, 2.05) is 13.8 Å². The zero-order chi connectivity index (χ0) is 14.4. The lowest BCUT2D eigenvalue weighted by molar-refractivity contribution is 0.0817. The number of carbonyl (C=O) groups is 1. The molecule has 0 saturated heterocycles. The van der Waals surface area contributed by atoms with Crippen molar-refractivity contribution in [3.8, 4) is 0 Å². The lowest BCUT2D eigenvalue weighted by atomic mass is 9.96. The Morgan fingerprint density at radius 2 is 2.05 bits per heavy atom. The zero-order valence-corrected chi connectivity index (χ0v) is 12.1. The number of aliphatic hydroxyl groups excluding tert-OH is 1. The van der Waals surface area contributed by atoms with Gasteiger partial charge in [0.15, 0.2) is 0 Å². The van der Waals surface area contributed by atoms with Crippen LogP contribution in [0.5, 0.6) is 0 Å². The van der Waals surface area contributed by atoms with Gasteiger partial charge in [-0.1, -0.05) is 38.3 Å². The van der Waals surface area contributed by atoms with E-state index in [0.29, 0.717) is 16.3 Å². The highest BCUT2D eigenvalue weighted by molar-refractivity contribution is 6.34. The molecule has 106 valence electrons. The molecule has 1 amide bonds. The smallest absolute Gasteiger partial charge is 0.252 e. The first-order chi connectivity index (χ1) is 8.99. The van der Waals surface area contributed by atoms with Crippen LogP contribution in [0.2, 0.25) is 5.02 Å². The Morgan fingerprint density at radius 1 is 1.42 bits per heavy atom. The Kier molecular flexibility index (Phi) is 6.12. The number of benzene rings is 1. The molecule has 0 aliphatic rings. The average Bonchev–Trinajstić information content (AvgIpc) is 2.37. The molecular weight excluding hydrogens is 264 g/mol. The molecule has 0 saturated carbocycles. The SMILES string of the molecule is CCC(CC)C(O)CNC(=O)c1ccc(N)cc1Cl. The van der Waals surface area contributed by atoms with Crippen molar-refractivity contribution in [3.63, 3.8) is 0 Å². The van der Waals surface area contributed by atoms with E-state index in [4.69, 9.17) is 17.3 Å². The molecule has 1 atom stereocenters. The molecule has 0 aromatic heterocycles. The zero-order valence-electron chi connectivity index (χ0n) is 11.3. The maximum atomic E-state index is 11.9. The number of hydrogen-bond acceptors (Lipinski definition) is 3. The first-order valence-electron chi connectivity index (χ1n) is 6.50. The highest BCUT2D eigenvalue weighted by Crippen LogP contribution is 2.19. The predicted molar refractivity (Wildman–Crippen MR) is 78.3 cm³/mol. The molecule has 0 aliphatic heterocycles. The quantitative estimate of drug-likeness (QED) is 0.702. The van der Waals surface area contributed by atoms with Gasteiger partial charge < -0.3 is 16.2 Å². The summed E-state index contributed by atoms with van der Waals surface area (Å²) in [6.45, 7) is 4.28. The van der Waals surface area contributed by atoms with Crippen LogP contribution in [0.25, 0.3) is 0 Å². The topological polar surface area (TPSA) is 75.3 Å². The summed E-state index contributed by atoms with van der Waals surface area (Å²) in [6, 6.07) is 4.74. The lowest BCUT2D eigenvalue weighted by Crippen LogP contribution is -2.36. The number of rotatable bonds is 6. The summed E-state index contributed by atoms with van der Waals surface area (Å²) >= 11 is 5.95. The van der Waals surface area contributed by atoms with Gasteiger partial charge in [0.2, 0.25) is 0 Å². The molecule has 1 aromatic carbocycles. The van der Waals surface area contributed by atoms with Crippen LogP contribution >= 0.6 is 11.6 Å². The highest BCUT2D eigenvalue weighted by atomic mass is 35.5. The molecule has 1 aromatic rings. The van der Waals surface area contributed by atoms with Gasteiger partial charge in [-0.15, -0.1) is 0 Å². The Labute approximate surface area is 118 Å². The maximum Gasteiger partial charge on any atom is 0.252 e. The second kappa shape index (κ2) is 7.36. The van der Waals surface area contributed by atoms with Crippen LogP contribution in [-0.4, -0.2) is 23.7 Å². The predicted octanol–water partition coefficient (Wildman–Crippen LogP) is 2.45. The highest BCUT2D eigenvalue weighted by Gasteiger charge is 2.17. The van der Waals surface area contributed by atoms with E-state index in [1.54, 1.807) is 12.1 Å². The molecule has 19 heavy (non-hydrogen) atoms. The van der Waals surface area contributed by atoms with Gasteiger partial charge in [-0.25, -0.2) is 0 Å². The summed E-state index contributed by atoms with van der Waals surface area (Å²) in [5.41, 5.74) is 6.45. The fraction of sp³-hybridized carbons (Fsp3) is 0.500. The largest absolute Gasteiger partial charge is 0.399 e. The van der Waals surface area contributed by atoms with Crippen LogP contribution in [0, 0.1) is 5.92 Å². The summed E-state index contributed by atoms with van der Waals surface area (Å²) in [5, 5.41) is 13.0. The van der Waals surface area contributed by atoms with E-state index >= 15 is 0 Å². The minimum Gasteiger partial charge on any atom is -0.399 e. The van der Waals surface area contributed by atoms with Gasteiger partial charge in [-0.3, -0.25) is 4.79 Å². The Hall–Kier alpha value is -1.26. The van der Waals surface area contributed by atoms with Crippen LogP contribution in [0.15, 0.2) is 18.2 Å². The molecule has 0 radical (unpaired) electrons. The summed E-state index contributed by atoms with van der Waals surface area (Å²) < 4.78 is 0. The Bertz CT molecular complexity index is 433. The van der Waals surface area contributed by atoms with Gasteiger partial charge in [0.1, 0.15) is 0 Å². The van der Waals surface area contributed by atoms with Gasteiger partial charge in [0, 0.05) is 12.2 Å². The molecule has 0 spiro atoms. The number of hydrogen-bond donors (Lipinski definition) is 3. The van der Waals surface area contributed by atoms with Crippen LogP contribution in [0.1, 0.15) is 37.0 Å². The second-order valence-electron chi connectivity index (χ2n) is 4.59. The van der Waals surface area contributed by atoms with Gasteiger partial charge in [-0.05, 0) is 24.1 Å². The number of halogens is 1. The monoisotopic (exact) mass is 284 g/mol. The number of nitrogens with two attached hydrogens (primary N) is 1. The van der Waals surface area contributed by atoms with Crippen LogP contribution in [-0.2, 0) is 0 Å². The fourth-order valence-electron chi connectivity index (χ4n) is 2.01.